The van der Waals surface area contributed by atoms with Gasteiger partial charge in [0.2, 0.25) is 6.10 Å². The molecule has 1 aliphatic rings. The molecule has 2 unspecified atom stereocenters. The number of rotatable bonds is 11. The lowest BCUT2D eigenvalue weighted by Gasteiger charge is -2.15. The molecule has 1 aromatic rings. The molecule has 1 saturated carbocycles. The fourth-order valence-electron chi connectivity index (χ4n) is 2.49. The van der Waals surface area contributed by atoms with Gasteiger partial charge in [0.05, 0.1) is 11.8 Å². The summed E-state index contributed by atoms with van der Waals surface area (Å²) < 4.78 is 45.1. The Bertz CT molecular complexity index is 984. The summed E-state index contributed by atoms with van der Waals surface area (Å²) in [6, 6.07) is 1.69. The summed E-state index contributed by atoms with van der Waals surface area (Å²) in [5.41, 5.74) is 13.6. The van der Waals surface area contributed by atoms with E-state index in [1.54, 1.807) is 6.21 Å². The summed E-state index contributed by atoms with van der Waals surface area (Å²) in [5, 5.41) is 2.85. The SMILES string of the molecule is CC/C(C)=C(N)/C=C(\N=C(/C)C(F)F)Nc1cc(OC(F)P)c(/C(C=NC2CC2)=C/N)cn1. The van der Waals surface area contributed by atoms with Crippen molar-refractivity contribution in [2.45, 2.75) is 58.6 Å². The smallest absolute Gasteiger partial charge is 0.276 e. The molecule has 180 valence electrons. The van der Waals surface area contributed by atoms with Crippen LogP contribution in [0.4, 0.5) is 19.0 Å². The normalized spacial score (nSPS) is 17.4. The van der Waals surface area contributed by atoms with E-state index in [-0.39, 0.29) is 23.4 Å². The van der Waals surface area contributed by atoms with Crippen LogP contribution in [-0.4, -0.2) is 35.5 Å². The van der Waals surface area contributed by atoms with Gasteiger partial charge in [0.25, 0.3) is 6.43 Å². The number of alkyl halides is 3. The van der Waals surface area contributed by atoms with Crippen LogP contribution in [-0.2, 0) is 0 Å². The zero-order valence-electron chi connectivity index (χ0n) is 18.9. The van der Waals surface area contributed by atoms with Crippen molar-refractivity contribution >= 4 is 32.6 Å². The Balaban J connectivity index is 2.45. The molecule has 1 fully saturated rings. The zero-order valence-corrected chi connectivity index (χ0v) is 20.0. The molecular weight excluding hydrogens is 452 g/mol. The summed E-state index contributed by atoms with van der Waals surface area (Å²) >= 11 is 0. The van der Waals surface area contributed by atoms with Crippen molar-refractivity contribution in [3.63, 3.8) is 0 Å². The number of anilines is 1. The van der Waals surface area contributed by atoms with Gasteiger partial charge in [-0.3, -0.25) is 4.99 Å². The lowest BCUT2D eigenvalue weighted by Crippen LogP contribution is -2.11. The van der Waals surface area contributed by atoms with Gasteiger partial charge < -0.3 is 21.5 Å². The molecule has 0 aromatic carbocycles. The van der Waals surface area contributed by atoms with Crippen molar-refractivity contribution in [2.24, 2.45) is 21.5 Å². The van der Waals surface area contributed by atoms with Crippen LogP contribution in [0.3, 0.4) is 0 Å². The van der Waals surface area contributed by atoms with Crippen molar-refractivity contribution in [3.8, 4) is 5.75 Å². The van der Waals surface area contributed by atoms with E-state index < -0.39 is 18.2 Å². The van der Waals surface area contributed by atoms with Crippen molar-refractivity contribution < 1.29 is 17.9 Å². The highest BCUT2D eigenvalue weighted by atomic mass is 31.0. The first-order valence-corrected chi connectivity index (χ1v) is 11.1. The molecule has 0 aliphatic heterocycles. The Morgan fingerprint density at radius 2 is 2.06 bits per heavy atom. The Kier molecular flexibility index (Phi) is 9.91. The fraction of sp³-hybridized carbons (Fsp3) is 0.409. The number of halogens is 3. The molecule has 11 heteroatoms. The first-order valence-electron chi connectivity index (χ1n) is 10.4. The zero-order chi connectivity index (χ0) is 24.5. The Hall–Kier alpha value is -2.87. The number of aliphatic imine (C=N–C) groups is 2. The highest BCUT2D eigenvalue weighted by Gasteiger charge is 2.20. The van der Waals surface area contributed by atoms with E-state index in [1.165, 1.54) is 31.5 Å². The summed E-state index contributed by atoms with van der Waals surface area (Å²) in [6.07, 6.45) is 4.08. The maximum Gasteiger partial charge on any atom is 0.276 e. The number of nitrogens with two attached hydrogens (primary N) is 2. The quantitative estimate of drug-likeness (QED) is 0.240. The number of ether oxygens (including phenoxy) is 1. The van der Waals surface area contributed by atoms with Gasteiger partial charge in [0, 0.05) is 47.6 Å². The van der Waals surface area contributed by atoms with Crippen molar-refractivity contribution in [1.82, 2.24) is 4.98 Å². The van der Waals surface area contributed by atoms with E-state index in [4.69, 9.17) is 16.2 Å². The molecule has 1 aromatic heterocycles. The van der Waals surface area contributed by atoms with Gasteiger partial charge in [0.15, 0.2) is 0 Å². The molecule has 0 radical (unpaired) electrons. The van der Waals surface area contributed by atoms with Crippen LogP contribution in [0.1, 0.15) is 45.6 Å². The van der Waals surface area contributed by atoms with E-state index in [0.717, 1.165) is 18.4 Å². The lowest BCUT2D eigenvalue weighted by molar-refractivity contribution is 0.153. The molecule has 5 N–H and O–H groups in total. The van der Waals surface area contributed by atoms with E-state index in [0.29, 0.717) is 23.3 Å². The first-order chi connectivity index (χ1) is 15.6. The van der Waals surface area contributed by atoms with Crippen LogP contribution >= 0.6 is 9.24 Å². The number of hydrogen-bond acceptors (Lipinski definition) is 7. The van der Waals surface area contributed by atoms with Crippen molar-refractivity contribution in [1.29, 1.82) is 0 Å². The highest BCUT2D eigenvalue weighted by Crippen LogP contribution is 2.30. The van der Waals surface area contributed by atoms with Gasteiger partial charge in [0.1, 0.15) is 17.4 Å². The van der Waals surface area contributed by atoms with Gasteiger partial charge in [-0.15, -0.1) is 0 Å². The van der Waals surface area contributed by atoms with Gasteiger partial charge >= 0.3 is 0 Å². The minimum atomic E-state index is -2.74. The molecule has 0 saturated heterocycles. The van der Waals surface area contributed by atoms with E-state index in [2.05, 4.69) is 20.3 Å². The molecule has 0 spiro atoms. The van der Waals surface area contributed by atoms with Gasteiger partial charge in [-0.1, -0.05) is 21.7 Å². The molecule has 33 heavy (non-hydrogen) atoms. The Labute approximate surface area is 194 Å². The Morgan fingerprint density at radius 3 is 2.61 bits per heavy atom. The van der Waals surface area contributed by atoms with Crippen LogP contribution in [0.5, 0.6) is 5.75 Å². The van der Waals surface area contributed by atoms with Crippen LogP contribution < -0.4 is 21.5 Å². The summed E-state index contributed by atoms with van der Waals surface area (Å²) in [6.45, 7) is 4.96. The number of allylic oxidation sites excluding steroid dienone is 3. The number of nitrogens with zero attached hydrogens (tertiary/aromatic N) is 3. The maximum atomic E-state index is 13.7. The summed E-state index contributed by atoms with van der Waals surface area (Å²) in [7, 11) is 1.89. The van der Waals surface area contributed by atoms with Gasteiger partial charge in [-0.2, -0.15) is 4.39 Å². The van der Waals surface area contributed by atoms with Crippen molar-refractivity contribution in [3.05, 3.63) is 47.2 Å². The second-order valence-electron chi connectivity index (χ2n) is 7.46. The third kappa shape index (κ3) is 8.53. The number of pyridine rings is 1. The molecular formula is C22H30F3N6OP. The molecule has 0 amide bonds. The van der Waals surface area contributed by atoms with E-state index >= 15 is 0 Å². The largest absolute Gasteiger partial charge is 0.457 e. The second kappa shape index (κ2) is 12.4. The molecule has 2 rings (SSSR count). The van der Waals surface area contributed by atoms with Crippen LogP contribution in [0.25, 0.3) is 5.57 Å². The third-order valence-corrected chi connectivity index (χ3v) is 4.89. The average Bonchev–Trinajstić information content (AvgIpc) is 3.58. The number of hydrogen-bond donors (Lipinski definition) is 3. The molecule has 0 bridgehead atoms. The van der Waals surface area contributed by atoms with Crippen LogP contribution in [0, 0.1) is 0 Å². The predicted octanol–water partition coefficient (Wildman–Crippen LogP) is 4.74. The highest BCUT2D eigenvalue weighted by molar-refractivity contribution is 7.16. The van der Waals surface area contributed by atoms with E-state index in [1.807, 2.05) is 23.1 Å². The number of aromatic nitrogens is 1. The monoisotopic (exact) mass is 482 g/mol. The van der Waals surface area contributed by atoms with Gasteiger partial charge in [-0.25, -0.2) is 18.8 Å². The molecule has 1 aliphatic carbocycles. The molecule has 1 heterocycles. The maximum absolute atomic E-state index is 13.7. The average molecular weight is 482 g/mol. The van der Waals surface area contributed by atoms with Crippen molar-refractivity contribution in [2.75, 3.05) is 5.32 Å². The fourth-order valence-corrected chi connectivity index (χ4v) is 2.64. The second-order valence-corrected chi connectivity index (χ2v) is 7.99. The minimum Gasteiger partial charge on any atom is -0.457 e. The topological polar surface area (TPSA) is 111 Å². The molecule has 7 nitrogen and oxygen atoms in total. The van der Waals surface area contributed by atoms with Gasteiger partial charge in [-0.05, 0) is 33.1 Å². The standard InChI is InChI=1S/C22H30F3N6OP/c1-4-12(2)17(27)7-20(30-13(3)21(23)24)31-19-8-18(32-22(25)33)16(11-29-19)14(9-26)10-28-15-5-6-15/h7-11,15,21-22H,4-6,26-27,33H2,1-3H3,(H,29,31)/b14-9+,17-12-,20-7+,28-10?,30-13+. The van der Waals surface area contributed by atoms with E-state index in [9.17, 15) is 13.2 Å². The lowest BCUT2D eigenvalue weighted by atomic mass is 10.1. The molecule has 2 atom stereocenters. The third-order valence-electron chi connectivity index (χ3n) is 4.75. The summed E-state index contributed by atoms with van der Waals surface area (Å²) in [4.78, 5) is 12.6. The predicted molar refractivity (Wildman–Crippen MR) is 131 cm³/mol. The van der Waals surface area contributed by atoms with Crippen LogP contribution in [0.2, 0.25) is 0 Å². The first kappa shape index (κ1) is 26.4. The van der Waals surface area contributed by atoms with Crippen LogP contribution in [0.15, 0.2) is 51.6 Å². The number of nitrogens with one attached hydrogen (secondary N) is 1. The summed E-state index contributed by atoms with van der Waals surface area (Å²) in [5.74, 6) is 0.377. The minimum absolute atomic E-state index is 0.0526. The Morgan fingerprint density at radius 1 is 1.36 bits per heavy atom.